The molecule has 16 heavy (non-hydrogen) atoms. The Hall–Kier alpha value is -2.16. The first-order valence-electron chi connectivity index (χ1n) is 5.02. The van der Waals surface area contributed by atoms with Crippen molar-refractivity contribution in [3.05, 3.63) is 54.1 Å². The van der Waals surface area contributed by atoms with E-state index >= 15 is 0 Å². The van der Waals surface area contributed by atoms with Crippen molar-refractivity contribution in [1.82, 2.24) is 0 Å². The average molecular weight is 215 g/mol. The molecule has 3 nitrogen and oxygen atoms in total. The van der Waals surface area contributed by atoms with Gasteiger partial charge in [0.2, 0.25) is 0 Å². The summed E-state index contributed by atoms with van der Waals surface area (Å²) >= 11 is 0. The van der Waals surface area contributed by atoms with Gasteiger partial charge in [0.15, 0.2) is 0 Å². The summed E-state index contributed by atoms with van der Waals surface area (Å²) in [6, 6.07) is 15.1. The average Bonchev–Trinajstić information content (AvgIpc) is 2.28. The van der Waals surface area contributed by atoms with Gasteiger partial charge in [0.25, 0.3) is 0 Å². The molecule has 2 rings (SSSR count). The molecule has 0 bridgehead atoms. The third kappa shape index (κ3) is 3.53. The van der Waals surface area contributed by atoms with Crippen LogP contribution in [0, 0.1) is 6.92 Å². The molecule has 2 aromatic rings. The van der Waals surface area contributed by atoms with Crippen LogP contribution in [0.25, 0.3) is 0 Å². The lowest BCUT2D eigenvalue weighted by Gasteiger charge is -1.94. The predicted molar refractivity (Wildman–Crippen MR) is 70.9 cm³/mol. The molecular formula is C13H17N3. The molecule has 84 valence electrons. The zero-order valence-electron chi connectivity index (χ0n) is 9.35. The number of nitrogen functional groups attached to an aromatic ring is 3. The van der Waals surface area contributed by atoms with Crippen LogP contribution in [0.1, 0.15) is 5.56 Å². The largest absolute Gasteiger partial charge is 0.399 e. The molecule has 0 aromatic heterocycles. The van der Waals surface area contributed by atoms with Gasteiger partial charge in [-0.25, -0.2) is 0 Å². The molecule has 0 unspecified atom stereocenters. The van der Waals surface area contributed by atoms with E-state index in [1.54, 1.807) is 12.1 Å². The summed E-state index contributed by atoms with van der Waals surface area (Å²) in [5.41, 5.74) is 19.6. The lowest BCUT2D eigenvalue weighted by Crippen LogP contribution is -1.91. The number of nitrogens with two attached hydrogens (primary N) is 3. The lowest BCUT2D eigenvalue weighted by atomic mass is 10.2. The van der Waals surface area contributed by atoms with E-state index in [1.165, 1.54) is 0 Å². The normalized spacial score (nSPS) is 9.06. The second-order valence-corrected chi connectivity index (χ2v) is 3.49. The van der Waals surface area contributed by atoms with Crippen molar-refractivity contribution in [2.24, 2.45) is 0 Å². The summed E-state index contributed by atoms with van der Waals surface area (Å²) in [4.78, 5) is 0. The summed E-state index contributed by atoms with van der Waals surface area (Å²) in [6.07, 6.45) is 0. The van der Waals surface area contributed by atoms with E-state index in [1.807, 2.05) is 43.3 Å². The number of para-hydroxylation sites is 3. The van der Waals surface area contributed by atoms with Gasteiger partial charge in [0.1, 0.15) is 0 Å². The van der Waals surface area contributed by atoms with Crippen LogP contribution < -0.4 is 17.2 Å². The molecule has 0 fully saturated rings. The van der Waals surface area contributed by atoms with Crippen molar-refractivity contribution in [2.45, 2.75) is 6.92 Å². The summed E-state index contributed by atoms with van der Waals surface area (Å²) in [5.74, 6) is 0. The van der Waals surface area contributed by atoms with Gasteiger partial charge in [-0.3, -0.25) is 0 Å². The number of benzene rings is 2. The summed E-state index contributed by atoms with van der Waals surface area (Å²) in [5, 5.41) is 0. The van der Waals surface area contributed by atoms with Crippen LogP contribution in [0.2, 0.25) is 0 Å². The van der Waals surface area contributed by atoms with Crippen LogP contribution in [0.4, 0.5) is 17.1 Å². The molecule has 0 heterocycles. The number of hydrogen-bond donors (Lipinski definition) is 3. The maximum Gasteiger partial charge on any atom is 0.0547 e. The molecule has 0 atom stereocenters. The lowest BCUT2D eigenvalue weighted by molar-refractivity contribution is 1.47. The van der Waals surface area contributed by atoms with E-state index in [9.17, 15) is 0 Å². The van der Waals surface area contributed by atoms with Crippen LogP contribution in [0.15, 0.2) is 48.5 Å². The predicted octanol–water partition coefficient (Wildman–Crippen LogP) is 2.43. The second-order valence-electron chi connectivity index (χ2n) is 3.49. The molecule has 0 aliphatic heterocycles. The van der Waals surface area contributed by atoms with Gasteiger partial charge >= 0.3 is 0 Å². The molecule has 0 saturated heterocycles. The van der Waals surface area contributed by atoms with Crippen LogP contribution >= 0.6 is 0 Å². The molecular weight excluding hydrogens is 198 g/mol. The van der Waals surface area contributed by atoms with Gasteiger partial charge in [-0.1, -0.05) is 30.3 Å². The van der Waals surface area contributed by atoms with Gasteiger partial charge in [-0.05, 0) is 30.7 Å². The van der Waals surface area contributed by atoms with E-state index in [-0.39, 0.29) is 0 Å². The molecule has 0 spiro atoms. The van der Waals surface area contributed by atoms with Gasteiger partial charge in [0, 0.05) is 5.69 Å². The quantitative estimate of drug-likeness (QED) is 0.590. The highest BCUT2D eigenvalue weighted by molar-refractivity contribution is 5.62. The minimum atomic E-state index is 0.646. The topological polar surface area (TPSA) is 78.1 Å². The number of rotatable bonds is 0. The van der Waals surface area contributed by atoms with Crippen molar-refractivity contribution in [1.29, 1.82) is 0 Å². The van der Waals surface area contributed by atoms with Crippen molar-refractivity contribution >= 4 is 17.1 Å². The van der Waals surface area contributed by atoms with Gasteiger partial charge < -0.3 is 17.2 Å². The van der Waals surface area contributed by atoms with Crippen LogP contribution in [0.5, 0.6) is 0 Å². The van der Waals surface area contributed by atoms with Crippen molar-refractivity contribution in [2.75, 3.05) is 17.2 Å². The fourth-order valence-electron chi connectivity index (χ4n) is 1.10. The molecule has 0 radical (unpaired) electrons. The molecule has 0 aliphatic rings. The van der Waals surface area contributed by atoms with E-state index in [0.717, 1.165) is 11.3 Å². The first kappa shape index (κ1) is 11.9. The standard InChI is InChI=1S/C7H9N.C6H8N2/c1-6-4-2-3-5-7(6)8;7-5-3-1-2-4-6(5)8/h2-5H,8H2,1H3;1-4H,7-8H2. The molecule has 0 amide bonds. The first-order chi connectivity index (χ1) is 7.61. The zero-order chi connectivity index (χ0) is 12.0. The Kier molecular flexibility index (Phi) is 4.21. The summed E-state index contributed by atoms with van der Waals surface area (Å²) in [6.45, 7) is 2.00. The Labute approximate surface area is 95.9 Å². The summed E-state index contributed by atoms with van der Waals surface area (Å²) in [7, 11) is 0. The van der Waals surface area contributed by atoms with Crippen molar-refractivity contribution in [3.8, 4) is 0 Å². The highest BCUT2D eigenvalue weighted by Gasteiger charge is 1.85. The third-order valence-electron chi connectivity index (χ3n) is 2.18. The van der Waals surface area contributed by atoms with Crippen LogP contribution in [0.3, 0.4) is 0 Å². The Morgan fingerprint density at radius 2 is 1.00 bits per heavy atom. The highest BCUT2D eigenvalue weighted by atomic mass is 14.7. The number of aryl methyl sites for hydroxylation is 1. The molecule has 3 heteroatoms. The second kappa shape index (κ2) is 5.66. The molecule has 6 N–H and O–H groups in total. The number of anilines is 3. The molecule has 0 aliphatic carbocycles. The van der Waals surface area contributed by atoms with E-state index < -0.39 is 0 Å². The molecule has 2 aromatic carbocycles. The van der Waals surface area contributed by atoms with E-state index in [0.29, 0.717) is 11.4 Å². The van der Waals surface area contributed by atoms with Crippen LogP contribution in [-0.4, -0.2) is 0 Å². The van der Waals surface area contributed by atoms with Crippen molar-refractivity contribution in [3.63, 3.8) is 0 Å². The monoisotopic (exact) mass is 215 g/mol. The fourth-order valence-corrected chi connectivity index (χ4v) is 1.10. The maximum atomic E-state index is 5.52. The van der Waals surface area contributed by atoms with Gasteiger partial charge in [-0.15, -0.1) is 0 Å². The molecule has 0 saturated carbocycles. The van der Waals surface area contributed by atoms with Crippen LogP contribution in [-0.2, 0) is 0 Å². The third-order valence-corrected chi connectivity index (χ3v) is 2.18. The van der Waals surface area contributed by atoms with Crippen molar-refractivity contribution < 1.29 is 0 Å². The van der Waals surface area contributed by atoms with E-state index in [2.05, 4.69) is 0 Å². The first-order valence-corrected chi connectivity index (χ1v) is 5.02. The maximum absolute atomic E-state index is 5.52. The Bertz CT molecular complexity index is 367. The summed E-state index contributed by atoms with van der Waals surface area (Å²) < 4.78 is 0. The SMILES string of the molecule is Cc1ccccc1N.Nc1ccccc1N. The van der Waals surface area contributed by atoms with Gasteiger partial charge in [0.05, 0.1) is 11.4 Å². The number of hydrogen-bond acceptors (Lipinski definition) is 3. The van der Waals surface area contributed by atoms with E-state index in [4.69, 9.17) is 17.2 Å². The smallest absolute Gasteiger partial charge is 0.0547 e. The zero-order valence-corrected chi connectivity index (χ0v) is 9.35. The Morgan fingerprint density at radius 3 is 1.25 bits per heavy atom. The Morgan fingerprint density at radius 1 is 0.625 bits per heavy atom. The Balaban J connectivity index is 0.000000160. The highest BCUT2D eigenvalue weighted by Crippen LogP contribution is 2.10. The minimum Gasteiger partial charge on any atom is -0.399 e. The van der Waals surface area contributed by atoms with Gasteiger partial charge in [-0.2, -0.15) is 0 Å². The fraction of sp³-hybridized carbons (Fsp3) is 0.0769. The minimum absolute atomic E-state index is 0.646.